The fourth-order valence-corrected chi connectivity index (χ4v) is 1.62. The summed E-state index contributed by atoms with van der Waals surface area (Å²) in [6.07, 6.45) is 8.01. The van der Waals surface area contributed by atoms with Gasteiger partial charge in [0.2, 0.25) is 6.29 Å². The summed E-state index contributed by atoms with van der Waals surface area (Å²) in [7, 11) is 0. The van der Waals surface area contributed by atoms with Gasteiger partial charge in [-0.2, -0.15) is 0 Å². The molecule has 0 spiro atoms. The van der Waals surface area contributed by atoms with E-state index >= 15 is 0 Å². The smallest absolute Gasteiger partial charge is 0.228 e. The SMILES string of the molecule is CCCCCOc1cccc(CC=C(C)[C]=O)c1. The first-order valence-electron chi connectivity index (χ1n) is 6.53. The lowest BCUT2D eigenvalue weighted by Gasteiger charge is -2.07. The fraction of sp³-hybridized carbons (Fsp3) is 0.438. The maximum absolute atomic E-state index is 10.4. The lowest BCUT2D eigenvalue weighted by Crippen LogP contribution is -1.97. The number of rotatable bonds is 8. The summed E-state index contributed by atoms with van der Waals surface area (Å²) < 4.78 is 5.68. The summed E-state index contributed by atoms with van der Waals surface area (Å²) in [5.74, 6) is 0.907. The van der Waals surface area contributed by atoms with E-state index in [1.165, 1.54) is 12.8 Å². The monoisotopic (exact) mass is 245 g/mol. The van der Waals surface area contributed by atoms with Crippen LogP contribution < -0.4 is 4.74 Å². The first kappa shape index (κ1) is 14.5. The summed E-state index contributed by atoms with van der Waals surface area (Å²) in [4.78, 5) is 10.4. The van der Waals surface area contributed by atoms with Gasteiger partial charge in [0.05, 0.1) is 6.61 Å². The minimum Gasteiger partial charge on any atom is -0.494 e. The van der Waals surface area contributed by atoms with Gasteiger partial charge in [0.1, 0.15) is 5.75 Å². The van der Waals surface area contributed by atoms with E-state index in [-0.39, 0.29) is 0 Å². The molecule has 0 saturated carbocycles. The van der Waals surface area contributed by atoms with Gasteiger partial charge in [0.25, 0.3) is 0 Å². The van der Waals surface area contributed by atoms with Gasteiger partial charge in [-0.3, -0.25) is 4.79 Å². The molecule has 0 aliphatic rings. The van der Waals surface area contributed by atoms with E-state index < -0.39 is 0 Å². The van der Waals surface area contributed by atoms with Crippen LogP contribution >= 0.6 is 0 Å². The van der Waals surface area contributed by atoms with E-state index in [9.17, 15) is 4.79 Å². The van der Waals surface area contributed by atoms with E-state index in [0.717, 1.165) is 30.8 Å². The Kier molecular flexibility index (Phi) is 6.85. The summed E-state index contributed by atoms with van der Waals surface area (Å²) >= 11 is 0. The Hall–Kier alpha value is -1.57. The average Bonchev–Trinajstić information content (AvgIpc) is 2.41. The van der Waals surface area contributed by atoms with Crippen molar-refractivity contribution in [3.8, 4) is 5.75 Å². The van der Waals surface area contributed by atoms with Gasteiger partial charge in [-0.05, 0) is 43.0 Å². The van der Waals surface area contributed by atoms with Crippen LogP contribution in [-0.4, -0.2) is 12.9 Å². The topological polar surface area (TPSA) is 26.3 Å². The molecular formula is C16H21O2. The van der Waals surface area contributed by atoms with Crippen molar-refractivity contribution in [2.24, 2.45) is 0 Å². The summed E-state index contributed by atoms with van der Waals surface area (Å²) in [6, 6.07) is 8.02. The number of hydrogen-bond acceptors (Lipinski definition) is 2. The van der Waals surface area contributed by atoms with Crippen LogP contribution in [0.2, 0.25) is 0 Å². The van der Waals surface area contributed by atoms with E-state index in [4.69, 9.17) is 4.74 Å². The predicted molar refractivity (Wildman–Crippen MR) is 74.6 cm³/mol. The van der Waals surface area contributed by atoms with Crippen LogP contribution in [0.25, 0.3) is 0 Å². The molecule has 97 valence electrons. The van der Waals surface area contributed by atoms with Crippen LogP contribution in [0.4, 0.5) is 0 Å². The molecular weight excluding hydrogens is 224 g/mol. The number of ether oxygens (including phenoxy) is 1. The van der Waals surface area contributed by atoms with E-state index in [1.807, 2.05) is 36.6 Å². The highest BCUT2D eigenvalue weighted by Crippen LogP contribution is 2.15. The third-order valence-corrected chi connectivity index (χ3v) is 2.72. The quantitative estimate of drug-likeness (QED) is 0.513. The Morgan fingerprint density at radius 3 is 2.94 bits per heavy atom. The lowest BCUT2D eigenvalue weighted by atomic mass is 10.1. The molecule has 2 nitrogen and oxygen atoms in total. The molecule has 0 aromatic heterocycles. The maximum atomic E-state index is 10.4. The van der Waals surface area contributed by atoms with Crippen LogP contribution in [0, 0.1) is 0 Å². The van der Waals surface area contributed by atoms with Crippen LogP contribution in [0.15, 0.2) is 35.9 Å². The van der Waals surface area contributed by atoms with Crippen LogP contribution in [0.1, 0.15) is 38.7 Å². The molecule has 0 heterocycles. The second kappa shape index (κ2) is 8.51. The Balaban J connectivity index is 2.48. The molecule has 0 saturated heterocycles. The maximum Gasteiger partial charge on any atom is 0.228 e. The first-order chi connectivity index (χ1) is 8.76. The highest BCUT2D eigenvalue weighted by molar-refractivity contribution is 5.72. The van der Waals surface area contributed by atoms with Gasteiger partial charge < -0.3 is 4.74 Å². The molecule has 0 aliphatic carbocycles. The van der Waals surface area contributed by atoms with Crippen molar-refractivity contribution in [3.63, 3.8) is 0 Å². The highest BCUT2D eigenvalue weighted by atomic mass is 16.5. The molecule has 0 N–H and O–H groups in total. The van der Waals surface area contributed by atoms with Gasteiger partial charge in [0.15, 0.2) is 0 Å². The van der Waals surface area contributed by atoms with Crippen molar-refractivity contribution in [2.75, 3.05) is 6.61 Å². The van der Waals surface area contributed by atoms with E-state index in [1.54, 1.807) is 6.92 Å². The molecule has 0 amide bonds. The van der Waals surface area contributed by atoms with Gasteiger partial charge in [-0.15, -0.1) is 0 Å². The minimum absolute atomic E-state index is 0.643. The summed E-state index contributed by atoms with van der Waals surface area (Å²) in [5, 5.41) is 0. The zero-order valence-corrected chi connectivity index (χ0v) is 11.2. The van der Waals surface area contributed by atoms with Crippen molar-refractivity contribution in [2.45, 2.75) is 39.5 Å². The molecule has 0 fully saturated rings. The standard InChI is InChI=1S/C16H21O2/c1-3-4-5-11-18-16-8-6-7-15(12-16)10-9-14(2)13-17/h6-9,12H,3-5,10-11H2,1-2H3. The second-order valence-electron chi connectivity index (χ2n) is 4.40. The lowest BCUT2D eigenvalue weighted by molar-refractivity contribution is 0.306. The van der Waals surface area contributed by atoms with Crippen LogP contribution in [-0.2, 0) is 11.2 Å². The van der Waals surface area contributed by atoms with Crippen LogP contribution in [0.3, 0.4) is 0 Å². The molecule has 1 radical (unpaired) electrons. The predicted octanol–water partition coefficient (Wildman–Crippen LogP) is 3.85. The molecule has 1 rings (SSSR count). The molecule has 0 unspecified atom stereocenters. The van der Waals surface area contributed by atoms with Crippen molar-refractivity contribution in [1.82, 2.24) is 0 Å². The number of allylic oxidation sites excluding steroid dienone is 2. The molecule has 1 aromatic rings. The van der Waals surface area contributed by atoms with Crippen molar-refractivity contribution in [1.29, 1.82) is 0 Å². The molecule has 1 aromatic carbocycles. The normalized spacial score (nSPS) is 11.3. The fourth-order valence-electron chi connectivity index (χ4n) is 1.62. The Morgan fingerprint density at radius 2 is 2.22 bits per heavy atom. The number of hydrogen-bond donors (Lipinski definition) is 0. The van der Waals surface area contributed by atoms with E-state index in [2.05, 4.69) is 6.92 Å². The highest BCUT2D eigenvalue weighted by Gasteiger charge is 1.97. The van der Waals surface area contributed by atoms with Gasteiger partial charge in [0, 0.05) is 0 Å². The third kappa shape index (κ3) is 5.67. The average molecular weight is 245 g/mol. The molecule has 0 bridgehead atoms. The van der Waals surface area contributed by atoms with Gasteiger partial charge in [-0.1, -0.05) is 38.0 Å². The zero-order chi connectivity index (χ0) is 13.2. The number of benzene rings is 1. The molecule has 2 heteroatoms. The summed E-state index contributed by atoms with van der Waals surface area (Å²) in [6.45, 7) is 4.71. The molecule has 18 heavy (non-hydrogen) atoms. The largest absolute Gasteiger partial charge is 0.494 e. The first-order valence-corrected chi connectivity index (χ1v) is 6.53. The van der Waals surface area contributed by atoms with Crippen molar-refractivity contribution < 1.29 is 9.53 Å². The second-order valence-corrected chi connectivity index (χ2v) is 4.40. The number of carbonyl (C=O) groups excluding carboxylic acids is 1. The molecule has 0 atom stereocenters. The molecule has 0 aliphatic heterocycles. The Labute approximate surface area is 110 Å². The van der Waals surface area contributed by atoms with E-state index in [0.29, 0.717) is 5.57 Å². The third-order valence-electron chi connectivity index (χ3n) is 2.72. The van der Waals surface area contributed by atoms with Gasteiger partial charge >= 0.3 is 0 Å². The van der Waals surface area contributed by atoms with Crippen LogP contribution in [0.5, 0.6) is 5.75 Å². The van der Waals surface area contributed by atoms with Crippen molar-refractivity contribution >= 4 is 6.29 Å². The van der Waals surface area contributed by atoms with Crippen molar-refractivity contribution in [3.05, 3.63) is 41.5 Å². The van der Waals surface area contributed by atoms with Gasteiger partial charge in [-0.25, -0.2) is 0 Å². The zero-order valence-electron chi connectivity index (χ0n) is 11.2. The number of unbranched alkanes of at least 4 members (excludes halogenated alkanes) is 2. The summed E-state index contributed by atoms with van der Waals surface area (Å²) in [5.41, 5.74) is 1.79. The Morgan fingerprint density at radius 1 is 1.39 bits per heavy atom. The minimum atomic E-state index is 0.643. The Bertz CT molecular complexity index is 394.